The van der Waals surface area contributed by atoms with Gasteiger partial charge in [-0.05, 0) is 67.8 Å². The average molecular weight is 471 g/mol. The van der Waals surface area contributed by atoms with E-state index in [0.29, 0.717) is 19.0 Å². The minimum Gasteiger partial charge on any atom is -0.444 e. The monoisotopic (exact) mass is 471 g/mol. The second kappa shape index (κ2) is 7.21. The van der Waals surface area contributed by atoms with Crippen LogP contribution in [-0.4, -0.2) is 50.5 Å². The molecular weight excluding hydrogens is 445 g/mol. The number of nitrogens with zero attached hydrogens (tertiary/aromatic N) is 4. The highest BCUT2D eigenvalue weighted by Crippen LogP contribution is 2.24. The van der Waals surface area contributed by atoms with E-state index in [1.54, 1.807) is 9.58 Å². The Morgan fingerprint density at radius 2 is 2.12 bits per heavy atom. The van der Waals surface area contributed by atoms with Gasteiger partial charge in [0.2, 0.25) is 0 Å². The normalized spacial score (nSPS) is 21.1. The minimum absolute atomic E-state index is 0.230. The third-order valence-corrected chi connectivity index (χ3v) is 5.33. The lowest BCUT2D eigenvalue weighted by atomic mass is 9.94. The molecule has 3 heterocycles. The van der Waals surface area contributed by atoms with Gasteiger partial charge in [-0.1, -0.05) is 6.92 Å². The van der Waals surface area contributed by atoms with Crippen LogP contribution < -0.4 is 5.32 Å². The number of rotatable bonds is 2. The number of aromatic nitrogens is 3. The Balaban J connectivity index is 1.65. The van der Waals surface area contributed by atoms with Crippen LogP contribution in [0.25, 0.3) is 11.0 Å². The fourth-order valence-electron chi connectivity index (χ4n) is 3.21. The molecule has 26 heavy (non-hydrogen) atoms. The van der Waals surface area contributed by atoms with Gasteiger partial charge in [0.05, 0.1) is 5.39 Å². The molecule has 142 valence electrons. The summed E-state index contributed by atoms with van der Waals surface area (Å²) < 4.78 is 8.25. The maximum Gasteiger partial charge on any atom is 0.410 e. The number of fused-ring (bicyclic) bond motifs is 1. The zero-order valence-corrected chi connectivity index (χ0v) is 18.1. The average Bonchev–Trinajstić information content (AvgIpc) is 2.82. The fraction of sp³-hybridized carbons (Fsp3) is 0.611. The molecule has 1 aliphatic rings. The van der Waals surface area contributed by atoms with E-state index in [9.17, 15) is 4.79 Å². The smallest absolute Gasteiger partial charge is 0.410 e. The second-order valence-electron chi connectivity index (χ2n) is 7.93. The molecule has 3 rings (SSSR count). The predicted molar refractivity (Wildman–Crippen MR) is 110 cm³/mol. The first kappa shape index (κ1) is 19.2. The van der Waals surface area contributed by atoms with Crippen LogP contribution in [0.3, 0.4) is 0 Å². The number of aryl methyl sites for hydroxylation is 1. The summed E-state index contributed by atoms with van der Waals surface area (Å²) in [7, 11) is 1.91. The number of ether oxygens (including phenoxy) is 1. The van der Waals surface area contributed by atoms with Crippen molar-refractivity contribution in [3.63, 3.8) is 0 Å². The molecule has 1 saturated heterocycles. The number of hydrogen-bond acceptors (Lipinski definition) is 5. The van der Waals surface area contributed by atoms with E-state index in [1.165, 1.54) is 0 Å². The molecule has 1 aliphatic heterocycles. The van der Waals surface area contributed by atoms with Gasteiger partial charge in [0.25, 0.3) is 0 Å². The molecule has 2 aromatic rings. The van der Waals surface area contributed by atoms with Gasteiger partial charge >= 0.3 is 6.09 Å². The highest BCUT2D eigenvalue weighted by Gasteiger charge is 2.31. The van der Waals surface area contributed by atoms with Crippen molar-refractivity contribution in [2.24, 2.45) is 13.0 Å². The standard InChI is InChI=1S/C18H26IN5O2/c1-11-10-24(17(25)26-18(2,3)4)9-8-13(11)20-14-7-6-12-15(19)22-23(5)16(12)21-14/h6-7,11,13H,8-10H2,1-5H3,(H,20,21)/t11-,13-/m1/s1. The maximum absolute atomic E-state index is 12.3. The van der Waals surface area contributed by atoms with Crippen molar-refractivity contribution in [2.75, 3.05) is 18.4 Å². The molecule has 0 saturated carbocycles. The van der Waals surface area contributed by atoms with Crippen molar-refractivity contribution in [1.29, 1.82) is 0 Å². The van der Waals surface area contributed by atoms with Crippen LogP contribution in [-0.2, 0) is 11.8 Å². The molecule has 1 fully saturated rings. The first-order chi connectivity index (χ1) is 12.1. The van der Waals surface area contributed by atoms with Crippen LogP contribution in [0.1, 0.15) is 34.1 Å². The topological polar surface area (TPSA) is 72.3 Å². The predicted octanol–water partition coefficient (Wildman–Crippen LogP) is 3.63. The number of pyridine rings is 1. The summed E-state index contributed by atoms with van der Waals surface area (Å²) in [5.41, 5.74) is 0.410. The van der Waals surface area contributed by atoms with Crippen molar-refractivity contribution in [3.05, 3.63) is 15.8 Å². The van der Waals surface area contributed by atoms with E-state index in [0.717, 1.165) is 27.0 Å². The lowest BCUT2D eigenvalue weighted by molar-refractivity contribution is 0.0165. The third kappa shape index (κ3) is 4.21. The van der Waals surface area contributed by atoms with E-state index in [1.807, 2.05) is 33.9 Å². The van der Waals surface area contributed by atoms with Gasteiger partial charge in [-0.25, -0.2) is 14.5 Å². The molecular formula is C18H26IN5O2. The summed E-state index contributed by atoms with van der Waals surface area (Å²) in [5, 5.41) is 9.00. The van der Waals surface area contributed by atoms with Crippen LogP contribution in [0.2, 0.25) is 0 Å². The summed E-state index contributed by atoms with van der Waals surface area (Å²) in [5.74, 6) is 1.15. The quantitative estimate of drug-likeness (QED) is 0.678. The molecule has 1 amide bonds. The van der Waals surface area contributed by atoms with Gasteiger partial charge in [0, 0.05) is 26.2 Å². The molecule has 1 N–H and O–H groups in total. The number of carbonyl (C=O) groups excluding carboxylic acids is 1. The first-order valence-electron chi connectivity index (χ1n) is 8.88. The molecule has 0 unspecified atom stereocenters. The molecule has 8 heteroatoms. The fourth-order valence-corrected chi connectivity index (χ4v) is 3.96. The van der Waals surface area contributed by atoms with Crippen molar-refractivity contribution in [1.82, 2.24) is 19.7 Å². The van der Waals surface area contributed by atoms with Crippen LogP contribution in [0, 0.1) is 9.62 Å². The summed E-state index contributed by atoms with van der Waals surface area (Å²) >= 11 is 2.22. The van der Waals surface area contributed by atoms with Crippen molar-refractivity contribution in [2.45, 2.75) is 45.8 Å². The number of amides is 1. The lowest BCUT2D eigenvalue weighted by Gasteiger charge is -2.38. The molecule has 7 nitrogen and oxygen atoms in total. The van der Waals surface area contributed by atoms with Gasteiger partial charge in [0.1, 0.15) is 15.1 Å². The van der Waals surface area contributed by atoms with E-state index in [-0.39, 0.29) is 12.1 Å². The van der Waals surface area contributed by atoms with Gasteiger partial charge in [-0.2, -0.15) is 5.10 Å². The van der Waals surface area contributed by atoms with Crippen LogP contribution in [0.15, 0.2) is 12.1 Å². The third-order valence-electron chi connectivity index (χ3n) is 4.53. The van der Waals surface area contributed by atoms with Crippen LogP contribution in [0.5, 0.6) is 0 Å². The second-order valence-corrected chi connectivity index (χ2v) is 8.95. The number of hydrogen-bond donors (Lipinski definition) is 1. The largest absolute Gasteiger partial charge is 0.444 e. The lowest BCUT2D eigenvalue weighted by Crippen LogP contribution is -2.49. The highest BCUT2D eigenvalue weighted by molar-refractivity contribution is 14.1. The number of halogens is 1. The van der Waals surface area contributed by atoms with Crippen LogP contribution in [0.4, 0.5) is 10.6 Å². The maximum atomic E-state index is 12.3. The van der Waals surface area contributed by atoms with E-state index >= 15 is 0 Å². The zero-order valence-electron chi connectivity index (χ0n) is 15.9. The summed E-state index contributed by atoms with van der Waals surface area (Å²) in [6.45, 7) is 9.19. The van der Waals surface area contributed by atoms with Gasteiger partial charge < -0.3 is 15.0 Å². The minimum atomic E-state index is -0.463. The number of nitrogens with one attached hydrogen (secondary N) is 1. The Bertz CT molecular complexity index is 814. The summed E-state index contributed by atoms with van der Waals surface area (Å²) in [6, 6.07) is 4.32. The Labute approximate surface area is 167 Å². The molecule has 2 atom stereocenters. The molecule has 0 aromatic carbocycles. The Kier molecular flexibility index (Phi) is 5.32. The number of piperidine rings is 1. The van der Waals surface area contributed by atoms with Crippen molar-refractivity contribution < 1.29 is 9.53 Å². The first-order valence-corrected chi connectivity index (χ1v) is 9.95. The Hall–Kier alpha value is -1.58. The molecule has 0 bridgehead atoms. The zero-order chi connectivity index (χ0) is 19.1. The van der Waals surface area contributed by atoms with Gasteiger partial charge in [-0.15, -0.1) is 0 Å². The number of anilines is 1. The van der Waals surface area contributed by atoms with Gasteiger partial charge in [0.15, 0.2) is 5.65 Å². The summed E-state index contributed by atoms with van der Waals surface area (Å²) in [4.78, 5) is 18.8. The van der Waals surface area contributed by atoms with E-state index < -0.39 is 5.60 Å². The van der Waals surface area contributed by atoms with E-state index in [2.05, 4.69) is 46.0 Å². The van der Waals surface area contributed by atoms with Gasteiger partial charge in [-0.3, -0.25) is 0 Å². The highest BCUT2D eigenvalue weighted by atomic mass is 127. The Morgan fingerprint density at radius 3 is 2.77 bits per heavy atom. The number of likely N-dealkylation sites (tertiary alicyclic amines) is 1. The summed E-state index contributed by atoms with van der Waals surface area (Å²) in [6.07, 6.45) is 0.634. The van der Waals surface area contributed by atoms with Crippen molar-refractivity contribution >= 4 is 45.5 Å². The van der Waals surface area contributed by atoms with E-state index in [4.69, 9.17) is 9.72 Å². The SMILES string of the molecule is C[C@@H]1CN(C(=O)OC(C)(C)C)CC[C@H]1Nc1ccc2c(I)nn(C)c2n1. The number of carbonyl (C=O) groups is 1. The molecule has 2 aromatic heterocycles. The Morgan fingerprint density at radius 1 is 1.38 bits per heavy atom. The molecule has 0 spiro atoms. The van der Waals surface area contributed by atoms with Crippen LogP contribution >= 0.6 is 22.6 Å². The van der Waals surface area contributed by atoms with Crippen molar-refractivity contribution in [3.8, 4) is 0 Å². The molecule has 0 radical (unpaired) electrons. The molecule has 0 aliphatic carbocycles.